The van der Waals surface area contributed by atoms with Gasteiger partial charge in [-0.15, -0.1) is 22.7 Å². The lowest BCUT2D eigenvalue weighted by atomic mass is 10.0. The van der Waals surface area contributed by atoms with Crippen LogP contribution in [0.25, 0.3) is 0 Å². The number of likely N-dealkylation sites (tertiary alicyclic amines) is 1. The molecule has 1 unspecified atom stereocenters. The second-order valence-corrected chi connectivity index (χ2v) is 7.44. The van der Waals surface area contributed by atoms with Gasteiger partial charge < -0.3 is 0 Å². The zero-order chi connectivity index (χ0) is 14.7. The number of rotatable bonds is 4. The second kappa shape index (κ2) is 6.68. The smallest absolute Gasteiger partial charge is 0.267 e. The zero-order valence-corrected chi connectivity index (χ0v) is 13.7. The van der Waals surface area contributed by atoms with Crippen molar-refractivity contribution >= 4 is 33.7 Å². The van der Waals surface area contributed by atoms with Crippen molar-refractivity contribution in [1.29, 1.82) is 0 Å². The van der Waals surface area contributed by atoms with E-state index in [4.69, 9.17) is 0 Å². The van der Waals surface area contributed by atoms with Crippen LogP contribution in [0.5, 0.6) is 0 Å². The van der Waals surface area contributed by atoms with E-state index in [1.54, 1.807) is 11.3 Å². The van der Waals surface area contributed by atoms with E-state index in [0.29, 0.717) is 11.2 Å². The number of carbonyl (C=O) groups is 1. The Morgan fingerprint density at radius 1 is 1.52 bits per heavy atom. The molecule has 0 radical (unpaired) electrons. The number of thiazole rings is 1. The van der Waals surface area contributed by atoms with Gasteiger partial charge in [-0.2, -0.15) is 0 Å². The fraction of sp³-hybridized carbons (Fsp3) is 0.467. The molecule has 1 aliphatic heterocycles. The molecule has 0 spiro atoms. The summed E-state index contributed by atoms with van der Waals surface area (Å²) in [6.07, 6.45) is 5.78. The minimum absolute atomic E-state index is 0.0720. The van der Waals surface area contributed by atoms with E-state index in [0.717, 1.165) is 18.0 Å². The van der Waals surface area contributed by atoms with Crippen molar-refractivity contribution in [2.24, 2.45) is 0 Å². The molecule has 1 saturated heterocycles. The number of hydrogen-bond donors (Lipinski definition) is 1. The van der Waals surface area contributed by atoms with Crippen molar-refractivity contribution in [2.45, 2.75) is 38.8 Å². The molecule has 1 aliphatic rings. The first-order chi connectivity index (χ1) is 10.2. The maximum atomic E-state index is 12.0. The fourth-order valence-electron chi connectivity index (χ4n) is 2.60. The van der Waals surface area contributed by atoms with E-state index in [-0.39, 0.29) is 5.91 Å². The second-order valence-electron chi connectivity index (χ2n) is 5.38. The SMILES string of the molecule is CC1CCCCN1Cc1cnc(NC(=O)c2cccs2)s1. The monoisotopic (exact) mass is 321 g/mol. The van der Waals surface area contributed by atoms with E-state index < -0.39 is 0 Å². The largest absolute Gasteiger partial charge is 0.297 e. The quantitative estimate of drug-likeness (QED) is 0.931. The number of aromatic nitrogens is 1. The molecule has 0 aromatic carbocycles. The summed E-state index contributed by atoms with van der Waals surface area (Å²) in [6.45, 7) is 4.39. The van der Waals surface area contributed by atoms with Crippen molar-refractivity contribution in [3.63, 3.8) is 0 Å². The minimum Gasteiger partial charge on any atom is -0.297 e. The van der Waals surface area contributed by atoms with Crippen LogP contribution in [0.15, 0.2) is 23.7 Å². The number of anilines is 1. The Morgan fingerprint density at radius 2 is 2.43 bits per heavy atom. The minimum atomic E-state index is -0.0720. The predicted molar refractivity (Wildman–Crippen MR) is 88.1 cm³/mol. The Labute approximate surface area is 132 Å². The highest BCUT2D eigenvalue weighted by Gasteiger charge is 2.19. The Hall–Kier alpha value is -1.24. The van der Waals surface area contributed by atoms with E-state index in [1.807, 2.05) is 23.7 Å². The molecule has 1 atom stereocenters. The first-order valence-corrected chi connectivity index (χ1v) is 8.95. The maximum absolute atomic E-state index is 12.0. The summed E-state index contributed by atoms with van der Waals surface area (Å²) >= 11 is 3.02. The standard InChI is InChI=1S/C15H19N3OS2/c1-11-5-2-3-7-18(11)10-12-9-16-15(21-12)17-14(19)13-6-4-8-20-13/h4,6,8-9,11H,2-3,5,7,10H2,1H3,(H,16,17,19). The number of amides is 1. The highest BCUT2D eigenvalue weighted by molar-refractivity contribution is 7.16. The summed E-state index contributed by atoms with van der Waals surface area (Å²) in [4.78, 5) is 20.7. The van der Waals surface area contributed by atoms with Gasteiger partial charge in [0.15, 0.2) is 5.13 Å². The molecule has 2 aromatic rings. The maximum Gasteiger partial charge on any atom is 0.267 e. The van der Waals surface area contributed by atoms with Crippen LogP contribution in [0, 0.1) is 0 Å². The lowest BCUT2D eigenvalue weighted by molar-refractivity contribution is 0.103. The van der Waals surface area contributed by atoms with Gasteiger partial charge in [-0.3, -0.25) is 15.0 Å². The molecule has 0 aliphatic carbocycles. The average molecular weight is 321 g/mol. The zero-order valence-electron chi connectivity index (χ0n) is 12.0. The fourth-order valence-corrected chi connectivity index (χ4v) is 4.05. The first kappa shape index (κ1) is 14.7. The van der Waals surface area contributed by atoms with Gasteiger partial charge in [-0.25, -0.2) is 4.98 Å². The van der Waals surface area contributed by atoms with Gasteiger partial charge in [-0.05, 0) is 37.8 Å². The molecule has 1 N–H and O–H groups in total. The van der Waals surface area contributed by atoms with Gasteiger partial charge in [0.1, 0.15) is 0 Å². The summed E-state index contributed by atoms with van der Waals surface area (Å²) in [5.74, 6) is -0.0720. The molecular formula is C15H19N3OS2. The molecule has 2 aromatic heterocycles. The predicted octanol–water partition coefficient (Wildman–Crippen LogP) is 3.83. The van der Waals surface area contributed by atoms with Crippen LogP contribution in [0.1, 0.15) is 40.7 Å². The number of hydrogen-bond acceptors (Lipinski definition) is 5. The van der Waals surface area contributed by atoms with Crippen LogP contribution in [0.2, 0.25) is 0 Å². The van der Waals surface area contributed by atoms with E-state index in [9.17, 15) is 4.79 Å². The van der Waals surface area contributed by atoms with Crippen molar-refractivity contribution in [3.8, 4) is 0 Å². The van der Waals surface area contributed by atoms with Crippen molar-refractivity contribution < 1.29 is 4.79 Å². The molecule has 1 fully saturated rings. The molecule has 3 heterocycles. The topological polar surface area (TPSA) is 45.2 Å². The molecular weight excluding hydrogens is 302 g/mol. The molecule has 6 heteroatoms. The van der Waals surface area contributed by atoms with Crippen molar-refractivity contribution in [2.75, 3.05) is 11.9 Å². The molecule has 0 bridgehead atoms. The molecule has 1 amide bonds. The van der Waals surface area contributed by atoms with Crippen molar-refractivity contribution in [1.82, 2.24) is 9.88 Å². The van der Waals surface area contributed by atoms with Gasteiger partial charge in [0.25, 0.3) is 5.91 Å². The Kier molecular flexibility index (Phi) is 4.67. The Morgan fingerprint density at radius 3 is 3.19 bits per heavy atom. The molecule has 0 saturated carbocycles. The van der Waals surface area contributed by atoms with Gasteiger partial charge >= 0.3 is 0 Å². The normalized spacial score (nSPS) is 19.6. The lowest BCUT2D eigenvalue weighted by Crippen LogP contribution is -2.36. The van der Waals surface area contributed by atoms with Crippen LogP contribution in [-0.4, -0.2) is 28.4 Å². The van der Waals surface area contributed by atoms with Crippen LogP contribution < -0.4 is 5.32 Å². The number of nitrogens with one attached hydrogen (secondary N) is 1. The van der Waals surface area contributed by atoms with E-state index >= 15 is 0 Å². The molecule has 4 nitrogen and oxygen atoms in total. The molecule has 21 heavy (non-hydrogen) atoms. The van der Waals surface area contributed by atoms with Gasteiger partial charge in [0.05, 0.1) is 4.88 Å². The third kappa shape index (κ3) is 3.70. The Bertz CT molecular complexity index is 594. The third-order valence-electron chi connectivity index (χ3n) is 3.82. The Balaban J connectivity index is 1.59. The molecule has 112 valence electrons. The van der Waals surface area contributed by atoms with Gasteiger partial charge in [0, 0.05) is 23.7 Å². The van der Waals surface area contributed by atoms with Crippen LogP contribution in [0.3, 0.4) is 0 Å². The van der Waals surface area contributed by atoms with Crippen LogP contribution in [0.4, 0.5) is 5.13 Å². The summed E-state index contributed by atoms with van der Waals surface area (Å²) in [5, 5.41) is 5.46. The van der Waals surface area contributed by atoms with Crippen LogP contribution >= 0.6 is 22.7 Å². The van der Waals surface area contributed by atoms with Gasteiger partial charge in [0.2, 0.25) is 0 Å². The summed E-state index contributed by atoms with van der Waals surface area (Å²) in [6, 6.07) is 4.35. The first-order valence-electron chi connectivity index (χ1n) is 7.26. The van der Waals surface area contributed by atoms with E-state index in [2.05, 4.69) is 22.1 Å². The highest BCUT2D eigenvalue weighted by Crippen LogP contribution is 2.24. The lowest BCUT2D eigenvalue weighted by Gasteiger charge is -2.32. The third-order valence-corrected chi connectivity index (χ3v) is 5.58. The summed E-state index contributed by atoms with van der Waals surface area (Å²) < 4.78 is 0. The number of carbonyl (C=O) groups excluding carboxylic acids is 1. The highest BCUT2D eigenvalue weighted by atomic mass is 32.1. The van der Waals surface area contributed by atoms with Crippen molar-refractivity contribution in [3.05, 3.63) is 33.5 Å². The number of piperidine rings is 1. The van der Waals surface area contributed by atoms with E-state index in [1.165, 1.54) is 35.5 Å². The summed E-state index contributed by atoms with van der Waals surface area (Å²) in [5.41, 5.74) is 0. The van der Waals surface area contributed by atoms with Gasteiger partial charge in [-0.1, -0.05) is 12.5 Å². The number of thiophene rings is 1. The van der Waals surface area contributed by atoms with Crippen LogP contribution in [-0.2, 0) is 6.54 Å². The molecule has 3 rings (SSSR count). The summed E-state index contributed by atoms with van der Waals surface area (Å²) in [7, 11) is 0. The number of nitrogens with zero attached hydrogens (tertiary/aromatic N) is 2. The average Bonchev–Trinajstić information content (AvgIpc) is 3.13.